The van der Waals surface area contributed by atoms with Crippen molar-refractivity contribution in [2.45, 2.75) is 0 Å². The summed E-state index contributed by atoms with van der Waals surface area (Å²) in [7, 11) is 0. The van der Waals surface area contributed by atoms with E-state index in [9.17, 15) is 0 Å². The maximum absolute atomic E-state index is 8.73. The summed E-state index contributed by atoms with van der Waals surface area (Å²) in [5.74, 6) is 0.984. The number of anilines is 1. The number of benzene rings is 2. The van der Waals surface area contributed by atoms with Gasteiger partial charge < -0.3 is 10.5 Å². The largest absolute Gasteiger partial charge is 0.456 e. The van der Waals surface area contributed by atoms with Gasteiger partial charge in [0.05, 0.1) is 27.4 Å². The zero-order valence-corrected chi connectivity index (χ0v) is 10.7. The molecular weight excluding hydrogens is 271 g/mol. The smallest absolute Gasteiger partial charge is 0.146 e. The maximum atomic E-state index is 8.73. The van der Waals surface area contributed by atoms with Crippen LogP contribution in [0.25, 0.3) is 0 Å². The predicted molar refractivity (Wildman–Crippen MR) is 72.1 cm³/mol. The minimum Gasteiger partial charge on any atom is -0.456 e. The molecule has 3 nitrogen and oxygen atoms in total. The van der Waals surface area contributed by atoms with Crippen LogP contribution >= 0.6 is 23.2 Å². The van der Waals surface area contributed by atoms with Crippen molar-refractivity contribution in [3.63, 3.8) is 0 Å². The van der Waals surface area contributed by atoms with Gasteiger partial charge in [0.1, 0.15) is 11.5 Å². The standard InChI is InChI=1S/C13H8Cl2N2O/c14-10-6-9(2-3-12(10)17)18-13-4-1-8(7-16)5-11(13)15/h1-6H,17H2. The first-order chi connectivity index (χ1) is 8.60. The molecule has 0 bridgehead atoms. The van der Waals surface area contributed by atoms with Crippen molar-refractivity contribution in [3.8, 4) is 17.6 Å². The third-order valence-corrected chi connectivity index (χ3v) is 2.88. The lowest BCUT2D eigenvalue weighted by Gasteiger charge is -2.08. The summed E-state index contributed by atoms with van der Waals surface area (Å²) in [5, 5.41) is 9.51. The molecule has 5 heteroatoms. The quantitative estimate of drug-likeness (QED) is 0.836. The summed E-state index contributed by atoms with van der Waals surface area (Å²) in [5.41, 5.74) is 6.56. The molecule has 0 aliphatic heterocycles. The summed E-state index contributed by atoms with van der Waals surface area (Å²) in [4.78, 5) is 0. The van der Waals surface area contributed by atoms with Gasteiger partial charge in [-0.25, -0.2) is 0 Å². The van der Waals surface area contributed by atoms with E-state index in [0.717, 1.165) is 0 Å². The van der Waals surface area contributed by atoms with Crippen LogP contribution in [0.3, 0.4) is 0 Å². The zero-order valence-electron chi connectivity index (χ0n) is 9.15. The normalized spacial score (nSPS) is 9.83. The highest BCUT2D eigenvalue weighted by atomic mass is 35.5. The molecule has 2 aromatic carbocycles. The number of hydrogen-bond donors (Lipinski definition) is 1. The Morgan fingerprint density at radius 2 is 1.83 bits per heavy atom. The second kappa shape index (κ2) is 5.18. The van der Waals surface area contributed by atoms with E-state index in [1.54, 1.807) is 30.3 Å². The van der Waals surface area contributed by atoms with Crippen LogP contribution in [0.15, 0.2) is 36.4 Å². The van der Waals surface area contributed by atoms with Gasteiger partial charge in [-0.1, -0.05) is 23.2 Å². The second-order valence-corrected chi connectivity index (χ2v) is 4.36. The highest BCUT2D eigenvalue weighted by molar-refractivity contribution is 6.33. The van der Waals surface area contributed by atoms with Gasteiger partial charge in [-0.3, -0.25) is 0 Å². The third-order valence-electron chi connectivity index (χ3n) is 2.26. The first kappa shape index (κ1) is 12.6. The Hall–Kier alpha value is -1.89. The summed E-state index contributed by atoms with van der Waals surface area (Å²) < 4.78 is 5.56. The van der Waals surface area contributed by atoms with E-state index in [2.05, 4.69) is 0 Å². The lowest BCUT2D eigenvalue weighted by atomic mass is 10.2. The molecule has 0 unspecified atom stereocenters. The van der Waals surface area contributed by atoms with E-state index in [-0.39, 0.29) is 0 Å². The van der Waals surface area contributed by atoms with Gasteiger partial charge in [0.15, 0.2) is 0 Å². The molecule has 0 aromatic heterocycles. The van der Waals surface area contributed by atoms with Crippen molar-refractivity contribution < 1.29 is 4.74 Å². The number of nitrogens with two attached hydrogens (primary N) is 1. The molecule has 0 atom stereocenters. The van der Waals surface area contributed by atoms with Crippen molar-refractivity contribution >= 4 is 28.9 Å². The maximum Gasteiger partial charge on any atom is 0.146 e. The summed E-state index contributed by atoms with van der Waals surface area (Å²) >= 11 is 11.9. The van der Waals surface area contributed by atoms with Gasteiger partial charge in [0.2, 0.25) is 0 Å². The fourth-order valence-electron chi connectivity index (χ4n) is 1.35. The topological polar surface area (TPSA) is 59.0 Å². The molecule has 0 spiro atoms. The van der Waals surface area contributed by atoms with Crippen LogP contribution in [-0.4, -0.2) is 0 Å². The van der Waals surface area contributed by atoms with E-state index in [1.807, 2.05) is 6.07 Å². The summed E-state index contributed by atoms with van der Waals surface area (Å²) in [6, 6.07) is 11.7. The molecule has 0 aliphatic rings. The molecule has 2 N–H and O–H groups in total. The molecular formula is C13H8Cl2N2O. The summed E-state index contributed by atoms with van der Waals surface area (Å²) in [6.07, 6.45) is 0. The Balaban J connectivity index is 2.29. The Bertz CT molecular complexity index is 635. The van der Waals surface area contributed by atoms with E-state index < -0.39 is 0 Å². The fourth-order valence-corrected chi connectivity index (χ4v) is 1.74. The lowest BCUT2D eigenvalue weighted by molar-refractivity contribution is 0.483. The van der Waals surface area contributed by atoms with Gasteiger partial charge in [-0.2, -0.15) is 5.26 Å². The SMILES string of the molecule is N#Cc1ccc(Oc2ccc(N)c(Cl)c2)c(Cl)c1. The van der Waals surface area contributed by atoms with Crippen LogP contribution in [0.1, 0.15) is 5.56 Å². The van der Waals surface area contributed by atoms with Gasteiger partial charge >= 0.3 is 0 Å². The Kier molecular flexibility index (Phi) is 3.61. The van der Waals surface area contributed by atoms with Crippen LogP contribution in [-0.2, 0) is 0 Å². The first-order valence-electron chi connectivity index (χ1n) is 5.02. The molecule has 2 aromatic rings. The molecule has 0 amide bonds. The Morgan fingerprint density at radius 1 is 1.06 bits per heavy atom. The van der Waals surface area contributed by atoms with Crippen molar-refractivity contribution in [1.29, 1.82) is 5.26 Å². The van der Waals surface area contributed by atoms with Gasteiger partial charge in [0.25, 0.3) is 0 Å². The van der Waals surface area contributed by atoms with Crippen molar-refractivity contribution in [3.05, 3.63) is 52.0 Å². The highest BCUT2D eigenvalue weighted by Gasteiger charge is 2.06. The molecule has 0 aliphatic carbocycles. The minimum atomic E-state index is 0.363. The van der Waals surface area contributed by atoms with E-state index in [0.29, 0.717) is 32.8 Å². The van der Waals surface area contributed by atoms with Crippen molar-refractivity contribution in [2.75, 3.05) is 5.73 Å². The Labute approximate surface area is 114 Å². The third kappa shape index (κ3) is 2.67. The average molecular weight is 279 g/mol. The number of nitriles is 1. The number of hydrogen-bond acceptors (Lipinski definition) is 3. The van der Waals surface area contributed by atoms with Gasteiger partial charge in [-0.05, 0) is 30.3 Å². The average Bonchev–Trinajstić information content (AvgIpc) is 2.36. The number of rotatable bonds is 2. The van der Waals surface area contributed by atoms with Crippen LogP contribution in [0.2, 0.25) is 10.0 Å². The molecule has 2 rings (SSSR count). The number of halogens is 2. The van der Waals surface area contributed by atoms with E-state index >= 15 is 0 Å². The van der Waals surface area contributed by atoms with Crippen LogP contribution in [0, 0.1) is 11.3 Å². The first-order valence-corrected chi connectivity index (χ1v) is 5.78. The zero-order chi connectivity index (χ0) is 13.1. The molecule has 0 saturated heterocycles. The molecule has 0 heterocycles. The number of nitrogen functional groups attached to an aromatic ring is 1. The van der Waals surface area contributed by atoms with Crippen LogP contribution in [0.5, 0.6) is 11.5 Å². The summed E-state index contributed by atoms with van der Waals surface area (Å²) in [6.45, 7) is 0. The van der Waals surface area contributed by atoms with Crippen molar-refractivity contribution in [1.82, 2.24) is 0 Å². The molecule has 18 heavy (non-hydrogen) atoms. The second-order valence-electron chi connectivity index (χ2n) is 3.54. The molecule has 0 radical (unpaired) electrons. The number of nitrogens with zero attached hydrogens (tertiary/aromatic N) is 1. The van der Waals surface area contributed by atoms with E-state index in [1.165, 1.54) is 6.07 Å². The van der Waals surface area contributed by atoms with E-state index in [4.69, 9.17) is 38.9 Å². The van der Waals surface area contributed by atoms with Gasteiger partial charge in [-0.15, -0.1) is 0 Å². The fraction of sp³-hybridized carbons (Fsp3) is 0. The molecule has 0 fully saturated rings. The van der Waals surface area contributed by atoms with Gasteiger partial charge in [0, 0.05) is 6.07 Å². The Morgan fingerprint density at radius 3 is 2.44 bits per heavy atom. The number of ether oxygens (including phenoxy) is 1. The van der Waals surface area contributed by atoms with Crippen LogP contribution in [0.4, 0.5) is 5.69 Å². The minimum absolute atomic E-state index is 0.363. The molecule has 0 saturated carbocycles. The highest BCUT2D eigenvalue weighted by Crippen LogP contribution is 2.32. The monoisotopic (exact) mass is 278 g/mol. The molecule has 90 valence electrons. The van der Waals surface area contributed by atoms with Crippen molar-refractivity contribution in [2.24, 2.45) is 0 Å². The lowest BCUT2D eigenvalue weighted by Crippen LogP contribution is -1.89. The predicted octanol–water partition coefficient (Wildman–Crippen LogP) is 4.24. The van der Waals surface area contributed by atoms with Crippen LogP contribution < -0.4 is 10.5 Å².